The number of nitrogens with one attached hydrogen (secondary N) is 1. The highest BCUT2D eigenvalue weighted by Gasteiger charge is 2.37. The lowest BCUT2D eigenvalue weighted by molar-refractivity contribution is -0.147. The van der Waals surface area contributed by atoms with E-state index in [9.17, 15) is 4.79 Å². The Morgan fingerprint density at radius 1 is 1.47 bits per heavy atom. The van der Waals surface area contributed by atoms with E-state index in [1.807, 2.05) is 19.9 Å². The van der Waals surface area contributed by atoms with Crippen LogP contribution in [-0.4, -0.2) is 38.3 Å². The lowest BCUT2D eigenvalue weighted by Crippen LogP contribution is -2.57. The van der Waals surface area contributed by atoms with Crippen molar-refractivity contribution < 1.29 is 9.53 Å². The Hall–Kier alpha value is -1.55. The van der Waals surface area contributed by atoms with Crippen LogP contribution in [-0.2, 0) is 16.0 Å². The lowest BCUT2D eigenvalue weighted by atomic mass is 10.0. The van der Waals surface area contributed by atoms with Crippen LogP contribution in [0, 0.1) is 0 Å². The average molecular weight is 262 g/mol. The molecule has 0 radical (unpaired) electrons. The van der Waals surface area contributed by atoms with Gasteiger partial charge in [-0.05, 0) is 31.5 Å². The van der Waals surface area contributed by atoms with Crippen molar-refractivity contribution in [1.82, 2.24) is 5.32 Å². The monoisotopic (exact) mass is 262 g/mol. The topological polar surface area (TPSA) is 41.6 Å². The zero-order valence-corrected chi connectivity index (χ0v) is 11.9. The minimum atomic E-state index is -0.666. The summed E-state index contributed by atoms with van der Waals surface area (Å²) in [7, 11) is 1.44. The first-order valence-corrected chi connectivity index (χ1v) is 6.77. The van der Waals surface area contributed by atoms with Crippen molar-refractivity contribution in [1.29, 1.82) is 0 Å². The molecule has 0 saturated carbocycles. The molecule has 0 aliphatic carbocycles. The Kier molecular flexibility index (Phi) is 4.10. The molecule has 1 aromatic carbocycles. The van der Waals surface area contributed by atoms with E-state index < -0.39 is 5.54 Å². The molecule has 1 aromatic rings. The number of rotatable bonds is 5. The number of methoxy groups -OCH3 is 1. The molecule has 1 aliphatic rings. The summed E-state index contributed by atoms with van der Waals surface area (Å²) in [6, 6.07) is 8.37. The fourth-order valence-corrected chi connectivity index (χ4v) is 2.76. The van der Waals surface area contributed by atoms with Crippen LogP contribution in [0.1, 0.15) is 19.4 Å². The Morgan fingerprint density at radius 2 is 2.21 bits per heavy atom. The molecule has 0 spiro atoms. The van der Waals surface area contributed by atoms with Gasteiger partial charge in [-0.15, -0.1) is 0 Å². The van der Waals surface area contributed by atoms with E-state index in [-0.39, 0.29) is 5.97 Å². The molecule has 4 heteroatoms. The van der Waals surface area contributed by atoms with Crippen LogP contribution in [0.4, 0.5) is 5.69 Å². The predicted molar refractivity (Wildman–Crippen MR) is 76.5 cm³/mol. The highest BCUT2D eigenvalue weighted by atomic mass is 16.5. The number of hydrogen-bond acceptors (Lipinski definition) is 4. The third-order valence-electron chi connectivity index (χ3n) is 3.69. The highest BCUT2D eigenvalue weighted by molar-refractivity contribution is 5.81. The van der Waals surface area contributed by atoms with Gasteiger partial charge in [0.15, 0.2) is 0 Å². The minimum Gasteiger partial charge on any atom is -0.468 e. The standard InChI is InChI=1S/C15H22N2O2/c1-4-16-15(2,14(18)19-3)11-17-10-9-12-7-5-6-8-13(12)17/h5-8,16H,4,9-11H2,1-3H3. The molecule has 1 aliphatic heterocycles. The number of carbonyl (C=O) groups excluding carboxylic acids is 1. The van der Waals surface area contributed by atoms with E-state index in [1.165, 1.54) is 18.4 Å². The van der Waals surface area contributed by atoms with Crippen LogP contribution in [0.2, 0.25) is 0 Å². The SMILES string of the molecule is CCNC(C)(CN1CCc2ccccc21)C(=O)OC. The second-order valence-electron chi connectivity index (χ2n) is 5.15. The molecule has 1 heterocycles. The Balaban J connectivity index is 2.17. The van der Waals surface area contributed by atoms with E-state index in [0.717, 1.165) is 19.5 Å². The van der Waals surface area contributed by atoms with Crippen molar-refractivity contribution >= 4 is 11.7 Å². The fourth-order valence-electron chi connectivity index (χ4n) is 2.76. The highest BCUT2D eigenvalue weighted by Crippen LogP contribution is 2.28. The van der Waals surface area contributed by atoms with Crippen molar-refractivity contribution in [2.24, 2.45) is 0 Å². The number of hydrogen-bond donors (Lipinski definition) is 1. The normalized spacial score (nSPS) is 16.9. The second-order valence-corrected chi connectivity index (χ2v) is 5.15. The van der Waals surface area contributed by atoms with Crippen molar-refractivity contribution in [2.45, 2.75) is 25.8 Å². The summed E-state index contributed by atoms with van der Waals surface area (Å²) in [5.74, 6) is -0.210. The van der Waals surface area contributed by atoms with Crippen LogP contribution in [0.25, 0.3) is 0 Å². The summed E-state index contributed by atoms with van der Waals surface area (Å²) in [5, 5.41) is 3.25. The minimum absolute atomic E-state index is 0.210. The summed E-state index contributed by atoms with van der Waals surface area (Å²) in [4.78, 5) is 14.3. The van der Waals surface area contributed by atoms with E-state index in [4.69, 9.17) is 4.74 Å². The first kappa shape index (κ1) is 13.9. The first-order valence-electron chi connectivity index (χ1n) is 6.77. The largest absolute Gasteiger partial charge is 0.468 e. The number of ether oxygens (including phenoxy) is 1. The van der Waals surface area contributed by atoms with E-state index in [1.54, 1.807) is 0 Å². The predicted octanol–water partition coefficient (Wildman–Crippen LogP) is 1.59. The van der Waals surface area contributed by atoms with E-state index >= 15 is 0 Å². The lowest BCUT2D eigenvalue weighted by Gasteiger charge is -2.33. The third kappa shape index (κ3) is 2.73. The van der Waals surface area contributed by atoms with Gasteiger partial charge in [0.25, 0.3) is 0 Å². The molecule has 0 fully saturated rings. The van der Waals surface area contributed by atoms with Gasteiger partial charge >= 0.3 is 5.97 Å². The molecular weight excluding hydrogens is 240 g/mol. The molecule has 4 nitrogen and oxygen atoms in total. The molecule has 0 aromatic heterocycles. The van der Waals surface area contributed by atoms with Gasteiger partial charge < -0.3 is 15.0 Å². The number of nitrogens with zero attached hydrogens (tertiary/aromatic N) is 1. The molecule has 104 valence electrons. The summed E-state index contributed by atoms with van der Waals surface area (Å²) in [5.41, 5.74) is 1.92. The van der Waals surface area contributed by atoms with Gasteiger partial charge in [0.05, 0.1) is 7.11 Å². The van der Waals surface area contributed by atoms with Gasteiger partial charge in [-0.2, -0.15) is 0 Å². The number of para-hydroxylation sites is 1. The average Bonchev–Trinajstić information content (AvgIpc) is 2.81. The van der Waals surface area contributed by atoms with Crippen molar-refractivity contribution in [2.75, 3.05) is 31.6 Å². The molecule has 0 bridgehead atoms. The quantitative estimate of drug-likeness (QED) is 0.818. The van der Waals surface area contributed by atoms with Crippen LogP contribution >= 0.6 is 0 Å². The zero-order valence-electron chi connectivity index (χ0n) is 11.9. The summed E-state index contributed by atoms with van der Waals surface area (Å²) in [6.45, 7) is 6.23. The number of fused-ring (bicyclic) bond motifs is 1. The maximum absolute atomic E-state index is 12.0. The van der Waals surface area contributed by atoms with Crippen molar-refractivity contribution in [3.05, 3.63) is 29.8 Å². The molecule has 19 heavy (non-hydrogen) atoms. The second kappa shape index (κ2) is 5.61. The smallest absolute Gasteiger partial charge is 0.327 e. The molecule has 1 atom stereocenters. The summed E-state index contributed by atoms with van der Waals surface area (Å²) < 4.78 is 4.94. The maximum Gasteiger partial charge on any atom is 0.327 e. The maximum atomic E-state index is 12.0. The fraction of sp³-hybridized carbons (Fsp3) is 0.533. The Bertz CT molecular complexity index is 461. The number of anilines is 1. The number of benzene rings is 1. The first-order chi connectivity index (χ1) is 9.10. The van der Waals surface area contributed by atoms with Gasteiger partial charge in [0.2, 0.25) is 0 Å². The van der Waals surface area contributed by atoms with Crippen LogP contribution in [0.5, 0.6) is 0 Å². The molecule has 0 amide bonds. The third-order valence-corrected chi connectivity index (χ3v) is 3.69. The number of carbonyl (C=O) groups is 1. The molecule has 0 saturated heterocycles. The molecule has 1 unspecified atom stereocenters. The Labute approximate surface area is 114 Å². The van der Waals surface area contributed by atoms with E-state index in [0.29, 0.717) is 6.54 Å². The summed E-state index contributed by atoms with van der Waals surface area (Å²) in [6.07, 6.45) is 1.04. The van der Waals surface area contributed by atoms with Gasteiger partial charge in [0.1, 0.15) is 5.54 Å². The number of likely N-dealkylation sites (N-methyl/N-ethyl adjacent to an activating group) is 1. The van der Waals surface area contributed by atoms with Crippen LogP contribution in [0.15, 0.2) is 24.3 Å². The zero-order chi connectivity index (χ0) is 13.9. The number of esters is 1. The van der Waals surface area contributed by atoms with Gasteiger partial charge in [-0.1, -0.05) is 25.1 Å². The summed E-state index contributed by atoms with van der Waals surface area (Å²) >= 11 is 0. The van der Waals surface area contributed by atoms with E-state index in [2.05, 4.69) is 28.4 Å². The molecular formula is C15H22N2O2. The van der Waals surface area contributed by atoms with Gasteiger partial charge in [0, 0.05) is 18.8 Å². The Morgan fingerprint density at radius 3 is 2.89 bits per heavy atom. The molecule has 1 N–H and O–H groups in total. The van der Waals surface area contributed by atoms with Crippen LogP contribution < -0.4 is 10.2 Å². The van der Waals surface area contributed by atoms with Crippen molar-refractivity contribution in [3.63, 3.8) is 0 Å². The van der Waals surface area contributed by atoms with Gasteiger partial charge in [-0.25, -0.2) is 4.79 Å². The molecule has 2 rings (SSSR count). The van der Waals surface area contributed by atoms with Crippen LogP contribution in [0.3, 0.4) is 0 Å². The van der Waals surface area contributed by atoms with Crippen molar-refractivity contribution in [3.8, 4) is 0 Å². The van der Waals surface area contributed by atoms with Gasteiger partial charge in [-0.3, -0.25) is 0 Å².